The van der Waals surface area contributed by atoms with E-state index in [-0.39, 0.29) is 11.7 Å². The molecule has 0 radical (unpaired) electrons. The molecule has 21 heavy (non-hydrogen) atoms. The Balaban J connectivity index is 2.47. The lowest BCUT2D eigenvalue weighted by Crippen LogP contribution is -2.09. The largest absolute Gasteiger partial charge is 0.478 e. The van der Waals surface area contributed by atoms with Crippen molar-refractivity contribution in [3.63, 3.8) is 0 Å². The molecule has 0 fully saturated rings. The van der Waals surface area contributed by atoms with Gasteiger partial charge in [-0.25, -0.2) is 17.6 Å². The van der Waals surface area contributed by atoms with E-state index in [2.05, 4.69) is 14.7 Å². The molecule has 0 aliphatic carbocycles. The molecule has 0 bridgehead atoms. The Kier molecular flexibility index (Phi) is 3.97. The number of carboxylic acids is 1. The van der Waals surface area contributed by atoms with Crippen molar-refractivity contribution in [2.24, 2.45) is 0 Å². The van der Waals surface area contributed by atoms with Crippen molar-refractivity contribution < 1.29 is 27.2 Å². The molecule has 10 heteroatoms. The minimum Gasteiger partial charge on any atom is -0.478 e. The van der Waals surface area contributed by atoms with Crippen molar-refractivity contribution in [3.05, 3.63) is 40.3 Å². The smallest absolute Gasteiger partial charge is 0.337 e. The third-order valence-corrected chi connectivity index (χ3v) is 4.44. The second-order valence-corrected chi connectivity index (χ2v) is 6.43. The quantitative estimate of drug-likeness (QED) is 0.908. The third-order valence-electron chi connectivity index (χ3n) is 2.47. The molecule has 7 nitrogen and oxygen atoms in total. The van der Waals surface area contributed by atoms with Crippen LogP contribution in [0.1, 0.15) is 22.1 Å². The highest BCUT2D eigenvalue weighted by Gasteiger charge is 2.24. The lowest BCUT2D eigenvalue weighted by atomic mass is 10.2. The van der Waals surface area contributed by atoms with Gasteiger partial charge in [0.25, 0.3) is 0 Å². The van der Waals surface area contributed by atoms with Crippen LogP contribution in [-0.4, -0.2) is 29.6 Å². The molecule has 1 aromatic heterocycles. The summed E-state index contributed by atoms with van der Waals surface area (Å²) in [5.74, 6) is -3.29. The van der Waals surface area contributed by atoms with Gasteiger partial charge in [0.1, 0.15) is 11.6 Å². The fourth-order valence-electron chi connectivity index (χ4n) is 1.54. The predicted octanol–water partition coefficient (Wildman–Crippen LogP) is 1.84. The molecule has 0 amide bonds. The summed E-state index contributed by atoms with van der Waals surface area (Å²) in [7, 11) is -4.05. The van der Waals surface area contributed by atoms with E-state index < -0.39 is 42.9 Å². The number of benzene rings is 1. The third kappa shape index (κ3) is 3.19. The zero-order valence-corrected chi connectivity index (χ0v) is 12.1. The minimum absolute atomic E-state index is 0.181. The monoisotopic (exact) mass is 334 g/mol. The summed E-state index contributed by atoms with van der Waals surface area (Å²) in [5, 5.41) is 11.7. The summed E-state index contributed by atoms with van der Waals surface area (Å²) in [6.07, 6.45) is 0. The Morgan fingerprint density at radius 1 is 1.48 bits per heavy atom. The van der Waals surface area contributed by atoms with Gasteiger partial charge in [-0.1, -0.05) is 16.8 Å². The second kappa shape index (κ2) is 5.41. The van der Waals surface area contributed by atoms with E-state index in [1.165, 1.54) is 6.92 Å². The van der Waals surface area contributed by atoms with Crippen molar-refractivity contribution in [3.8, 4) is 0 Å². The fraction of sp³-hybridized carbons (Fsp3) is 0.182. The average molecular weight is 335 g/mol. The molecular formula is C11H8ClFN2O5S. The number of carbonyl (C=O) groups is 1. The molecule has 0 aliphatic rings. The number of halogens is 2. The van der Waals surface area contributed by atoms with Gasteiger partial charge in [-0.05, 0) is 19.1 Å². The number of rotatable bonds is 4. The number of aromatic carboxylic acids is 1. The van der Waals surface area contributed by atoms with Gasteiger partial charge in [0.15, 0.2) is 15.7 Å². The SMILES string of the molecule is Cc1noc(CS(=O)(=O)c2cc(F)c(Cl)c(C(=O)O)c2)n1. The first-order valence-corrected chi connectivity index (χ1v) is 7.48. The van der Waals surface area contributed by atoms with E-state index in [0.717, 1.165) is 6.07 Å². The maximum Gasteiger partial charge on any atom is 0.337 e. The van der Waals surface area contributed by atoms with Crippen molar-refractivity contribution >= 4 is 27.4 Å². The van der Waals surface area contributed by atoms with Crippen LogP contribution in [0, 0.1) is 12.7 Å². The van der Waals surface area contributed by atoms with E-state index in [0.29, 0.717) is 6.07 Å². The molecule has 1 aromatic carbocycles. The molecule has 0 unspecified atom stereocenters. The number of aromatic nitrogens is 2. The van der Waals surface area contributed by atoms with E-state index in [9.17, 15) is 17.6 Å². The van der Waals surface area contributed by atoms with Crippen LogP contribution in [0.15, 0.2) is 21.6 Å². The highest BCUT2D eigenvalue weighted by Crippen LogP contribution is 2.26. The van der Waals surface area contributed by atoms with E-state index in [4.69, 9.17) is 16.7 Å². The minimum atomic E-state index is -4.05. The lowest BCUT2D eigenvalue weighted by Gasteiger charge is -2.06. The van der Waals surface area contributed by atoms with Crippen LogP contribution >= 0.6 is 11.6 Å². The topological polar surface area (TPSA) is 110 Å². The molecular weight excluding hydrogens is 327 g/mol. The maximum absolute atomic E-state index is 13.6. The van der Waals surface area contributed by atoms with Crippen molar-refractivity contribution in [1.29, 1.82) is 0 Å². The molecule has 0 saturated carbocycles. The number of nitrogens with zero attached hydrogens (tertiary/aromatic N) is 2. The summed E-state index contributed by atoms with van der Waals surface area (Å²) >= 11 is 5.48. The predicted molar refractivity (Wildman–Crippen MR) is 68.3 cm³/mol. The van der Waals surface area contributed by atoms with Crippen molar-refractivity contribution in [2.75, 3.05) is 0 Å². The fourth-order valence-corrected chi connectivity index (χ4v) is 2.92. The van der Waals surface area contributed by atoms with E-state index in [1.54, 1.807) is 0 Å². The summed E-state index contributed by atoms with van der Waals surface area (Å²) < 4.78 is 42.5. The average Bonchev–Trinajstić information content (AvgIpc) is 2.76. The molecule has 0 saturated heterocycles. The first kappa shape index (κ1) is 15.4. The highest BCUT2D eigenvalue weighted by atomic mass is 35.5. The Hall–Kier alpha value is -2.00. The van der Waals surface area contributed by atoms with Crippen LogP contribution in [0.25, 0.3) is 0 Å². The van der Waals surface area contributed by atoms with Gasteiger partial charge >= 0.3 is 5.97 Å². The summed E-state index contributed by atoms with van der Waals surface area (Å²) in [6.45, 7) is 1.50. The summed E-state index contributed by atoms with van der Waals surface area (Å²) in [4.78, 5) is 14.1. The Morgan fingerprint density at radius 2 is 2.14 bits per heavy atom. The molecule has 0 aliphatic heterocycles. The lowest BCUT2D eigenvalue weighted by molar-refractivity contribution is 0.0696. The van der Waals surface area contributed by atoms with Gasteiger partial charge in [-0.3, -0.25) is 0 Å². The van der Waals surface area contributed by atoms with Gasteiger partial charge in [0.05, 0.1) is 15.5 Å². The Bertz CT molecular complexity index is 818. The van der Waals surface area contributed by atoms with Gasteiger partial charge in [0.2, 0.25) is 5.89 Å². The maximum atomic E-state index is 13.6. The van der Waals surface area contributed by atoms with Crippen LogP contribution in [0.3, 0.4) is 0 Å². The van der Waals surface area contributed by atoms with Crippen LogP contribution in [-0.2, 0) is 15.6 Å². The van der Waals surface area contributed by atoms with Gasteiger partial charge < -0.3 is 9.63 Å². The van der Waals surface area contributed by atoms with Crippen LogP contribution in [0.5, 0.6) is 0 Å². The first-order valence-electron chi connectivity index (χ1n) is 5.45. The Labute approximate surface area is 123 Å². The molecule has 2 rings (SSSR count). The van der Waals surface area contributed by atoms with E-state index in [1.807, 2.05) is 0 Å². The van der Waals surface area contributed by atoms with Gasteiger partial charge in [0, 0.05) is 0 Å². The first-order chi connectivity index (χ1) is 9.70. The highest BCUT2D eigenvalue weighted by molar-refractivity contribution is 7.90. The van der Waals surface area contributed by atoms with Gasteiger partial charge in [-0.15, -0.1) is 0 Å². The molecule has 0 spiro atoms. The number of aryl methyl sites for hydroxylation is 1. The number of sulfone groups is 1. The van der Waals surface area contributed by atoms with Crippen LogP contribution < -0.4 is 0 Å². The van der Waals surface area contributed by atoms with Crippen LogP contribution in [0.2, 0.25) is 5.02 Å². The molecule has 1 heterocycles. The molecule has 1 N–H and O–H groups in total. The number of hydrogen-bond acceptors (Lipinski definition) is 6. The summed E-state index contributed by atoms with van der Waals surface area (Å²) in [6, 6.07) is 1.43. The second-order valence-electron chi connectivity index (χ2n) is 4.07. The zero-order chi connectivity index (χ0) is 15.8. The Morgan fingerprint density at radius 3 is 2.67 bits per heavy atom. The van der Waals surface area contributed by atoms with E-state index >= 15 is 0 Å². The standard InChI is InChI=1S/C11H8ClFN2O5S/c1-5-14-9(20-15-5)4-21(18,19)6-2-7(11(16)17)10(12)8(13)3-6/h2-3H,4H2,1H3,(H,16,17). The normalized spacial score (nSPS) is 11.6. The number of carboxylic acid groups (broad SMARTS) is 1. The van der Waals surface area contributed by atoms with Crippen LogP contribution in [0.4, 0.5) is 4.39 Å². The molecule has 2 aromatic rings. The summed E-state index contributed by atoms with van der Waals surface area (Å²) in [5.41, 5.74) is -0.642. The zero-order valence-electron chi connectivity index (χ0n) is 10.5. The van der Waals surface area contributed by atoms with Gasteiger partial charge in [-0.2, -0.15) is 4.98 Å². The molecule has 112 valence electrons. The van der Waals surface area contributed by atoms with Crippen molar-refractivity contribution in [2.45, 2.75) is 17.6 Å². The molecule has 0 atom stereocenters. The van der Waals surface area contributed by atoms with Crippen molar-refractivity contribution in [1.82, 2.24) is 10.1 Å². The number of hydrogen-bond donors (Lipinski definition) is 1.